The van der Waals surface area contributed by atoms with Crippen LogP contribution in [0.15, 0.2) is 12.2 Å². The van der Waals surface area contributed by atoms with Crippen molar-refractivity contribution < 1.29 is 73.8 Å². The molecule has 2 aliphatic carbocycles. The van der Waals surface area contributed by atoms with Crippen LogP contribution in [0.4, 0.5) is 0 Å². The molecule has 0 heterocycles. The van der Waals surface area contributed by atoms with Crippen molar-refractivity contribution in [2.45, 2.75) is 6.42 Å². The van der Waals surface area contributed by atoms with Crippen LogP contribution in [-0.2, 0) is 22.2 Å². The molecule has 2 bridgehead atoms. The van der Waals surface area contributed by atoms with Crippen molar-refractivity contribution in [3.8, 4) is 0 Å². The molecule has 1 saturated carbocycles. The fourth-order valence-corrected chi connectivity index (χ4v) is 2.79. The van der Waals surface area contributed by atoms with E-state index in [4.69, 9.17) is 0 Å². The molecule has 70 valence electrons. The molecule has 0 spiro atoms. The predicted octanol–water partition coefficient (Wildman–Crippen LogP) is -6.74. The largest absolute Gasteiger partial charge is 1.00 e. The zero-order chi connectivity index (χ0) is 9.59. The third kappa shape index (κ3) is 2.86. The van der Waals surface area contributed by atoms with Gasteiger partial charge in [-0.25, -0.2) is 0 Å². The van der Waals surface area contributed by atoms with E-state index in [1.54, 1.807) is 0 Å². The molecule has 2 rings (SSSR count). The van der Waals surface area contributed by atoms with Gasteiger partial charge in [0, 0.05) is 22.9 Å². The van der Waals surface area contributed by atoms with Gasteiger partial charge >= 0.3 is 59.1 Å². The summed E-state index contributed by atoms with van der Waals surface area (Å²) in [6.45, 7) is 0. The maximum absolute atomic E-state index is 11.0. The second-order valence-corrected chi connectivity index (χ2v) is 4.04. The van der Waals surface area contributed by atoms with Crippen LogP contribution >= 0.6 is 0 Å². The number of aliphatic carboxylic acids is 1. The van der Waals surface area contributed by atoms with Crippen molar-refractivity contribution in [3.63, 3.8) is 0 Å². The molecular formula is C9H8Na2O3S. The molecule has 0 saturated heterocycles. The number of fused-ring (bicyclic) bond motifs is 2. The zero-order valence-corrected chi connectivity index (χ0v) is 13.6. The Morgan fingerprint density at radius 1 is 1.13 bits per heavy atom. The Labute approximate surface area is 138 Å². The average Bonchev–Trinajstić information content (AvgIpc) is 2.60. The van der Waals surface area contributed by atoms with Gasteiger partial charge in [-0.3, -0.25) is 0 Å². The van der Waals surface area contributed by atoms with E-state index in [2.05, 4.69) is 12.6 Å². The van der Waals surface area contributed by atoms with Crippen molar-refractivity contribution >= 4 is 23.7 Å². The van der Waals surface area contributed by atoms with Crippen molar-refractivity contribution in [2.75, 3.05) is 0 Å². The molecule has 0 aliphatic heterocycles. The second-order valence-electron chi connectivity index (χ2n) is 3.64. The van der Waals surface area contributed by atoms with E-state index in [0.717, 1.165) is 6.42 Å². The summed E-state index contributed by atoms with van der Waals surface area (Å²) in [7, 11) is 0. The Morgan fingerprint density at radius 3 is 1.93 bits per heavy atom. The standard InChI is InChI=1S/C9H10O3S.2Na/c10-8(11)6-4-1-2-5(3-4)7(6)9(12)13;;/h1-2,4-7H,3H2,(H,10,11)(H,12,13);;/q;2*+1/p-2. The molecule has 0 aromatic carbocycles. The van der Waals surface area contributed by atoms with E-state index in [-0.39, 0.29) is 71.0 Å². The summed E-state index contributed by atoms with van der Waals surface area (Å²) in [4.78, 5) is 21.8. The molecular weight excluding hydrogens is 234 g/mol. The molecule has 15 heavy (non-hydrogen) atoms. The molecule has 1 fully saturated rings. The minimum atomic E-state index is -1.14. The molecule has 0 aromatic heterocycles. The van der Waals surface area contributed by atoms with Crippen LogP contribution in [0.2, 0.25) is 0 Å². The first-order valence-electron chi connectivity index (χ1n) is 4.21. The molecule has 4 unspecified atom stereocenters. The van der Waals surface area contributed by atoms with Crippen LogP contribution in [0.1, 0.15) is 6.42 Å². The van der Waals surface area contributed by atoms with Gasteiger partial charge in [-0.1, -0.05) is 12.2 Å². The molecule has 0 amide bonds. The van der Waals surface area contributed by atoms with Gasteiger partial charge in [0.2, 0.25) is 0 Å². The molecule has 4 atom stereocenters. The molecule has 0 aromatic rings. The summed E-state index contributed by atoms with van der Waals surface area (Å²) < 4.78 is 0. The quantitative estimate of drug-likeness (QED) is 0.274. The van der Waals surface area contributed by atoms with Crippen molar-refractivity contribution in [1.82, 2.24) is 0 Å². The van der Waals surface area contributed by atoms with Gasteiger partial charge in [0.1, 0.15) is 0 Å². The Balaban J connectivity index is 0.000000980. The molecule has 0 N–H and O–H groups in total. The van der Waals surface area contributed by atoms with Crippen molar-refractivity contribution in [1.29, 1.82) is 0 Å². The number of carboxylic acids is 1. The van der Waals surface area contributed by atoms with E-state index in [1.807, 2.05) is 12.2 Å². The number of carbonyl (C=O) groups excluding carboxylic acids is 2. The zero-order valence-electron chi connectivity index (χ0n) is 8.80. The Hall–Kier alpha value is 1.10. The minimum Gasteiger partial charge on any atom is -0.742 e. The van der Waals surface area contributed by atoms with E-state index in [1.165, 1.54) is 0 Å². The number of carboxylic acid groups (broad SMARTS) is 1. The SMILES string of the molecule is O=C([O-])C1C2C=CC(C2)C1C(=O)[S-].[Na+].[Na+]. The van der Waals surface area contributed by atoms with Gasteiger partial charge in [-0.2, -0.15) is 0 Å². The summed E-state index contributed by atoms with van der Waals surface area (Å²) in [6.07, 6.45) is 4.50. The third-order valence-corrected chi connectivity index (χ3v) is 3.28. The second kappa shape index (κ2) is 6.15. The van der Waals surface area contributed by atoms with E-state index in [0.29, 0.717) is 0 Å². The number of hydrogen-bond acceptors (Lipinski definition) is 4. The van der Waals surface area contributed by atoms with E-state index in [9.17, 15) is 14.7 Å². The normalized spacial score (nSPS) is 35.5. The summed E-state index contributed by atoms with van der Waals surface area (Å²) in [5.74, 6) is -2.33. The van der Waals surface area contributed by atoms with Gasteiger partial charge in [0.25, 0.3) is 0 Å². The topological polar surface area (TPSA) is 57.2 Å². The average molecular weight is 242 g/mol. The van der Waals surface area contributed by atoms with Gasteiger partial charge in [0.15, 0.2) is 0 Å². The Bertz CT molecular complexity index is 278. The first kappa shape index (κ1) is 16.1. The van der Waals surface area contributed by atoms with Crippen molar-refractivity contribution in [3.05, 3.63) is 12.2 Å². The summed E-state index contributed by atoms with van der Waals surface area (Å²) in [6, 6.07) is 0. The Kier molecular flexibility index (Phi) is 6.60. The van der Waals surface area contributed by atoms with Gasteiger partial charge in [-0.05, 0) is 18.3 Å². The Morgan fingerprint density at radius 2 is 1.60 bits per heavy atom. The number of allylic oxidation sites excluding steroid dienone is 2. The first-order chi connectivity index (χ1) is 6.11. The number of carbonyl (C=O) groups is 2. The van der Waals surface area contributed by atoms with E-state index < -0.39 is 22.9 Å². The van der Waals surface area contributed by atoms with Crippen LogP contribution < -0.4 is 64.2 Å². The third-order valence-electron chi connectivity index (χ3n) is 3.00. The number of rotatable bonds is 2. The van der Waals surface area contributed by atoms with Gasteiger partial charge < -0.3 is 27.3 Å². The summed E-state index contributed by atoms with van der Waals surface area (Å²) in [5, 5.41) is 10.3. The van der Waals surface area contributed by atoms with Gasteiger partial charge in [0.05, 0.1) is 0 Å². The summed E-state index contributed by atoms with van der Waals surface area (Å²) in [5.41, 5.74) is 0. The predicted molar refractivity (Wildman–Crippen MR) is 45.1 cm³/mol. The molecule has 3 nitrogen and oxygen atoms in total. The van der Waals surface area contributed by atoms with E-state index >= 15 is 0 Å². The van der Waals surface area contributed by atoms with Crippen LogP contribution in [0, 0.1) is 23.7 Å². The van der Waals surface area contributed by atoms with Crippen LogP contribution in [-0.4, -0.2) is 11.1 Å². The maximum atomic E-state index is 11.0. The number of hydrogen-bond donors (Lipinski definition) is 0. The molecule has 2 aliphatic rings. The van der Waals surface area contributed by atoms with Crippen molar-refractivity contribution in [2.24, 2.45) is 23.7 Å². The van der Waals surface area contributed by atoms with Crippen LogP contribution in [0.5, 0.6) is 0 Å². The fraction of sp³-hybridized carbons (Fsp3) is 0.556. The monoisotopic (exact) mass is 242 g/mol. The maximum Gasteiger partial charge on any atom is 1.00 e. The van der Waals surface area contributed by atoms with Gasteiger partial charge in [-0.15, -0.1) is 0 Å². The molecule has 0 radical (unpaired) electrons. The minimum absolute atomic E-state index is 0. The van der Waals surface area contributed by atoms with Crippen LogP contribution in [0.3, 0.4) is 0 Å². The smallest absolute Gasteiger partial charge is 0.742 e. The summed E-state index contributed by atoms with van der Waals surface area (Å²) >= 11 is 4.54. The fourth-order valence-electron chi connectivity index (χ4n) is 2.46. The van der Waals surface area contributed by atoms with Crippen LogP contribution in [0.25, 0.3) is 0 Å². The first-order valence-corrected chi connectivity index (χ1v) is 4.62. The molecule has 6 heteroatoms.